The lowest BCUT2D eigenvalue weighted by molar-refractivity contribution is -0.137. The number of hydrogen-bond acceptors (Lipinski definition) is 4. The minimum atomic E-state index is -3.57. The van der Waals surface area contributed by atoms with Gasteiger partial charge in [0.05, 0.1) is 6.07 Å². The first-order valence-corrected chi connectivity index (χ1v) is 5.58. The Morgan fingerprint density at radius 3 is 2.64 bits per heavy atom. The maximum atomic E-state index is 10.9. The molecule has 0 rings (SSSR count). The van der Waals surface area contributed by atoms with Crippen molar-refractivity contribution in [2.45, 2.75) is 13.3 Å². The molecule has 14 heavy (non-hydrogen) atoms. The van der Waals surface area contributed by atoms with E-state index in [0.29, 0.717) is 0 Å². The smallest absolute Gasteiger partial charge is 0.303 e. The SMILES string of the molecule is CC(CNS(=O)(=O)CC#N)CC(=O)O. The van der Waals surface area contributed by atoms with Crippen LogP contribution in [0.4, 0.5) is 0 Å². The maximum absolute atomic E-state index is 10.9. The van der Waals surface area contributed by atoms with Crippen LogP contribution in [0.3, 0.4) is 0 Å². The van der Waals surface area contributed by atoms with Gasteiger partial charge in [0.15, 0.2) is 5.75 Å². The lowest BCUT2D eigenvalue weighted by Gasteiger charge is -2.08. The second-order valence-corrected chi connectivity index (χ2v) is 4.78. The van der Waals surface area contributed by atoms with Crippen molar-refractivity contribution in [3.63, 3.8) is 0 Å². The summed E-state index contributed by atoms with van der Waals surface area (Å²) in [7, 11) is -3.57. The van der Waals surface area contributed by atoms with Crippen molar-refractivity contribution in [2.75, 3.05) is 12.3 Å². The molecule has 0 saturated carbocycles. The maximum Gasteiger partial charge on any atom is 0.303 e. The minimum absolute atomic E-state index is 0.0380. The summed E-state index contributed by atoms with van der Waals surface area (Å²) >= 11 is 0. The molecule has 0 spiro atoms. The molecule has 0 amide bonds. The van der Waals surface area contributed by atoms with Gasteiger partial charge in [-0.15, -0.1) is 0 Å². The number of rotatable bonds is 6. The lowest BCUT2D eigenvalue weighted by Crippen LogP contribution is -2.30. The van der Waals surface area contributed by atoms with E-state index in [9.17, 15) is 13.2 Å². The summed E-state index contributed by atoms with van der Waals surface area (Å²) in [6.07, 6.45) is -0.102. The largest absolute Gasteiger partial charge is 0.481 e. The van der Waals surface area contributed by atoms with Gasteiger partial charge in [0.1, 0.15) is 0 Å². The second kappa shape index (κ2) is 5.57. The second-order valence-electron chi connectivity index (χ2n) is 2.97. The third kappa shape index (κ3) is 6.39. The zero-order chi connectivity index (χ0) is 11.2. The topological polar surface area (TPSA) is 107 Å². The van der Waals surface area contributed by atoms with Crippen molar-refractivity contribution in [3.05, 3.63) is 0 Å². The summed E-state index contributed by atoms with van der Waals surface area (Å²) in [5.74, 6) is -1.87. The molecule has 0 aromatic carbocycles. The number of carbonyl (C=O) groups is 1. The number of aliphatic carboxylic acids is 1. The molecule has 0 radical (unpaired) electrons. The summed E-state index contributed by atoms with van der Waals surface area (Å²) in [6, 6.07) is 1.51. The Balaban J connectivity index is 3.95. The fourth-order valence-corrected chi connectivity index (χ4v) is 1.59. The number of nitriles is 1. The molecule has 0 saturated heterocycles. The minimum Gasteiger partial charge on any atom is -0.481 e. The lowest BCUT2D eigenvalue weighted by atomic mass is 10.1. The van der Waals surface area contributed by atoms with E-state index < -0.39 is 21.7 Å². The fraction of sp³-hybridized carbons (Fsp3) is 0.714. The van der Waals surface area contributed by atoms with E-state index in [1.807, 2.05) is 0 Å². The molecule has 0 aliphatic carbocycles. The van der Waals surface area contributed by atoms with E-state index in [2.05, 4.69) is 4.72 Å². The van der Waals surface area contributed by atoms with Crippen LogP contribution in [-0.2, 0) is 14.8 Å². The molecule has 1 atom stereocenters. The predicted octanol–water partition coefficient (Wildman–Crippen LogP) is -0.460. The van der Waals surface area contributed by atoms with Crippen molar-refractivity contribution >= 4 is 16.0 Å². The van der Waals surface area contributed by atoms with Gasteiger partial charge in [-0.05, 0) is 5.92 Å². The molecule has 1 unspecified atom stereocenters. The van der Waals surface area contributed by atoms with E-state index in [-0.39, 0.29) is 18.9 Å². The Morgan fingerprint density at radius 2 is 2.21 bits per heavy atom. The van der Waals surface area contributed by atoms with Gasteiger partial charge in [-0.25, -0.2) is 13.1 Å². The van der Waals surface area contributed by atoms with Crippen molar-refractivity contribution in [2.24, 2.45) is 5.92 Å². The Bertz CT molecular complexity index is 330. The van der Waals surface area contributed by atoms with Crippen LogP contribution in [0.15, 0.2) is 0 Å². The first-order chi connectivity index (χ1) is 6.37. The van der Waals surface area contributed by atoms with Crippen LogP contribution in [0.2, 0.25) is 0 Å². The van der Waals surface area contributed by atoms with Gasteiger partial charge in [-0.3, -0.25) is 4.79 Å². The van der Waals surface area contributed by atoms with Gasteiger partial charge >= 0.3 is 5.97 Å². The number of carboxylic acid groups (broad SMARTS) is 1. The molecular weight excluding hydrogens is 208 g/mol. The highest BCUT2D eigenvalue weighted by Crippen LogP contribution is 2.00. The molecule has 0 aromatic rings. The molecule has 0 aromatic heterocycles. The third-order valence-corrected chi connectivity index (χ3v) is 2.54. The van der Waals surface area contributed by atoms with Crippen LogP contribution in [-0.4, -0.2) is 31.8 Å². The Morgan fingerprint density at radius 1 is 1.64 bits per heavy atom. The molecule has 6 nitrogen and oxygen atoms in total. The summed E-state index contributed by atoms with van der Waals surface area (Å²) in [6.45, 7) is 1.65. The van der Waals surface area contributed by atoms with Gasteiger partial charge in [-0.2, -0.15) is 5.26 Å². The number of nitrogens with one attached hydrogen (secondary N) is 1. The zero-order valence-corrected chi connectivity index (χ0v) is 8.54. The van der Waals surface area contributed by atoms with Crippen LogP contribution in [0.1, 0.15) is 13.3 Å². The molecule has 0 fully saturated rings. The van der Waals surface area contributed by atoms with E-state index in [1.165, 1.54) is 6.07 Å². The van der Waals surface area contributed by atoms with Gasteiger partial charge in [-0.1, -0.05) is 6.92 Å². The normalized spacial score (nSPS) is 13.1. The Labute approximate surface area is 82.6 Å². The number of nitrogens with zero attached hydrogens (tertiary/aromatic N) is 1. The monoisotopic (exact) mass is 220 g/mol. The highest BCUT2D eigenvalue weighted by Gasteiger charge is 2.13. The number of hydrogen-bond donors (Lipinski definition) is 2. The average molecular weight is 220 g/mol. The van der Waals surface area contributed by atoms with Crippen molar-refractivity contribution in [3.8, 4) is 6.07 Å². The van der Waals surface area contributed by atoms with Gasteiger partial charge < -0.3 is 5.11 Å². The zero-order valence-electron chi connectivity index (χ0n) is 7.73. The van der Waals surface area contributed by atoms with Crippen molar-refractivity contribution in [1.29, 1.82) is 5.26 Å². The third-order valence-electron chi connectivity index (χ3n) is 1.43. The van der Waals surface area contributed by atoms with Crippen LogP contribution in [0.5, 0.6) is 0 Å². The predicted molar refractivity (Wildman–Crippen MR) is 48.8 cm³/mol. The van der Waals surface area contributed by atoms with Crippen LogP contribution in [0.25, 0.3) is 0 Å². The summed E-state index contributed by atoms with van der Waals surface area (Å²) in [5.41, 5.74) is 0. The van der Waals surface area contributed by atoms with Gasteiger partial charge in [0.25, 0.3) is 0 Å². The number of carboxylic acids is 1. The standard InChI is InChI=1S/C7H12N2O4S/c1-6(4-7(10)11)5-9-14(12,13)3-2-8/h6,9H,3-5H2,1H3,(H,10,11). The van der Waals surface area contributed by atoms with Crippen molar-refractivity contribution in [1.82, 2.24) is 4.72 Å². The van der Waals surface area contributed by atoms with Crippen LogP contribution < -0.4 is 4.72 Å². The van der Waals surface area contributed by atoms with Crippen LogP contribution >= 0.6 is 0 Å². The first-order valence-electron chi connectivity index (χ1n) is 3.93. The Hall–Kier alpha value is -1.13. The van der Waals surface area contributed by atoms with E-state index in [0.717, 1.165) is 0 Å². The molecule has 80 valence electrons. The fourth-order valence-electron chi connectivity index (χ4n) is 0.776. The molecule has 0 aliphatic rings. The summed E-state index contributed by atoms with van der Waals surface area (Å²) in [4.78, 5) is 10.2. The van der Waals surface area contributed by atoms with E-state index >= 15 is 0 Å². The average Bonchev–Trinajstić information content (AvgIpc) is 2.00. The van der Waals surface area contributed by atoms with Crippen LogP contribution in [0, 0.1) is 17.2 Å². The molecule has 7 heteroatoms. The summed E-state index contributed by atoms with van der Waals surface area (Å²) < 4.78 is 24.0. The molecule has 0 aliphatic heterocycles. The van der Waals surface area contributed by atoms with Gasteiger partial charge in [0.2, 0.25) is 10.0 Å². The molecule has 0 heterocycles. The quantitative estimate of drug-likeness (QED) is 0.629. The van der Waals surface area contributed by atoms with Crippen molar-refractivity contribution < 1.29 is 18.3 Å². The van der Waals surface area contributed by atoms with Gasteiger partial charge in [0, 0.05) is 13.0 Å². The highest BCUT2D eigenvalue weighted by atomic mass is 32.2. The number of sulfonamides is 1. The molecular formula is C7H12N2O4S. The summed E-state index contributed by atoms with van der Waals surface area (Å²) in [5, 5.41) is 16.5. The van der Waals surface area contributed by atoms with E-state index in [1.54, 1.807) is 6.92 Å². The Kier molecular flexibility index (Phi) is 5.12. The van der Waals surface area contributed by atoms with E-state index in [4.69, 9.17) is 10.4 Å². The highest BCUT2D eigenvalue weighted by molar-refractivity contribution is 7.89. The first kappa shape index (κ1) is 12.9. The molecule has 0 bridgehead atoms. The molecule has 2 N–H and O–H groups in total.